The van der Waals surface area contributed by atoms with Gasteiger partial charge in [0, 0.05) is 19.1 Å². The fourth-order valence-corrected chi connectivity index (χ4v) is 2.88. The number of ether oxygens (including phenoxy) is 1. The topological polar surface area (TPSA) is 41.6 Å². The molecule has 0 aliphatic carbocycles. The second-order valence-corrected chi connectivity index (χ2v) is 7.49. The minimum absolute atomic E-state index is 0.372. The molecule has 1 heterocycles. The Morgan fingerprint density at radius 3 is 2.48 bits per heavy atom. The zero-order valence-corrected chi connectivity index (χ0v) is 14.9. The van der Waals surface area contributed by atoms with Gasteiger partial charge in [0.25, 0.3) is 0 Å². The molecular formula is C19H30N2O2. The quantitative estimate of drug-likeness (QED) is 0.909. The standard InChI is InChI=1S/C19H30N2O2/c1-15-7-5-6-12-21(15)14-17-10-8-16(9-11-17)13-20-18(22)23-19(2,3)4/h8-11,15H,5-7,12-14H2,1-4H3,(H,20,22)/t15-/m0/s1. The Balaban J connectivity index is 1.81. The maximum absolute atomic E-state index is 11.7. The average molecular weight is 318 g/mol. The average Bonchev–Trinajstić information content (AvgIpc) is 2.47. The molecule has 1 atom stereocenters. The minimum Gasteiger partial charge on any atom is -0.444 e. The summed E-state index contributed by atoms with van der Waals surface area (Å²) in [5.41, 5.74) is 1.96. The summed E-state index contributed by atoms with van der Waals surface area (Å²) in [4.78, 5) is 14.2. The van der Waals surface area contributed by atoms with E-state index in [0.717, 1.165) is 12.1 Å². The Morgan fingerprint density at radius 1 is 1.22 bits per heavy atom. The molecule has 1 saturated heterocycles. The normalized spacial score (nSPS) is 19.4. The smallest absolute Gasteiger partial charge is 0.407 e. The molecule has 1 N–H and O–H groups in total. The van der Waals surface area contributed by atoms with Gasteiger partial charge in [0.05, 0.1) is 0 Å². The summed E-state index contributed by atoms with van der Waals surface area (Å²) >= 11 is 0. The largest absolute Gasteiger partial charge is 0.444 e. The summed E-state index contributed by atoms with van der Waals surface area (Å²) in [5, 5.41) is 2.79. The van der Waals surface area contributed by atoms with E-state index < -0.39 is 5.60 Å². The number of carbonyl (C=O) groups is 1. The number of likely N-dealkylation sites (tertiary alicyclic amines) is 1. The van der Waals surface area contributed by atoms with Crippen molar-refractivity contribution in [3.05, 3.63) is 35.4 Å². The molecular weight excluding hydrogens is 288 g/mol. The number of nitrogens with zero attached hydrogens (tertiary/aromatic N) is 1. The highest BCUT2D eigenvalue weighted by atomic mass is 16.6. The first-order chi connectivity index (χ1) is 10.8. The van der Waals surface area contributed by atoms with E-state index in [2.05, 4.69) is 41.4 Å². The van der Waals surface area contributed by atoms with Crippen molar-refractivity contribution < 1.29 is 9.53 Å². The van der Waals surface area contributed by atoms with Crippen LogP contribution in [-0.4, -0.2) is 29.2 Å². The van der Waals surface area contributed by atoms with E-state index in [1.807, 2.05) is 20.8 Å². The van der Waals surface area contributed by atoms with Gasteiger partial charge in [-0.3, -0.25) is 4.90 Å². The van der Waals surface area contributed by atoms with Crippen LogP contribution in [0, 0.1) is 0 Å². The third-order valence-electron chi connectivity index (χ3n) is 4.18. The predicted octanol–water partition coefficient (Wildman–Crippen LogP) is 4.09. The minimum atomic E-state index is -0.459. The van der Waals surface area contributed by atoms with Crippen LogP contribution >= 0.6 is 0 Å². The number of alkyl carbamates (subject to hydrolysis) is 1. The Morgan fingerprint density at radius 2 is 1.87 bits per heavy atom. The first kappa shape index (κ1) is 17.8. The molecule has 4 nitrogen and oxygen atoms in total. The van der Waals surface area contributed by atoms with E-state index in [0.29, 0.717) is 12.6 Å². The SMILES string of the molecule is C[C@H]1CCCCN1Cc1ccc(CNC(=O)OC(C)(C)C)cc1. The van der Waals surface area contributed by atoms with Gasteiger partial charge in [0.2, 0.25) is 0 Å². The third-order valence-corrected chi connectivity index (χ3v) is 4.18. The van der Waals surface area contributed by atoms with Crippen molar-refractivity contribution in [3.63, 3.8) is 0 Å². The van der Waals surface area contributed by atoms with Crippen LogP contribution in [0.4, 0.5) is 4.79 Å². The van der Waals surface area contributed by atoms with Crippen LogP contribution in [0.5, 0.6) is 0 Å². The van der Waals surface area contributed by atoms with Crippen LogP contribution in [0.2, 0.25) is 0 Å². The van der Waals surface area contributed by atoms with Gasteiger partial charge in [-0.2, -0.15) is 0 Å². The molecule has 1 fully saturated rings. The van der Waals surface area contributed by atoms with E-state index >= 15 is 0 Å². The van der Waals surface area contributed by atoms with Gasteiger partial charge in [0.1, 0.15) is 5.60 Å². The summed E-state index contributed by atoms with van der Waals surface area (Å²) in [7, 11) is 0. The molecule has 1 aromatic rings. The lowest BCUT2D eigenvalue weighted by atomic mass is 10.0. The number of amides is 1. The van der Waals surface area contributed by atoms with Crippen molar-refractivity contribution in [2.24, 2.45) is 0 Å². The second kappa shape index (κ2) is 7.82. The number of piperidine rings is 1. The second-order valence-electron chi connectivity index (χ2n) is 7.49. The van der Waals surface area contributed by atoms with Gasteiger partial charge in [-0.25, -0.2) is 4.79 Å². The summed E-state index contributed by atoms with van der Waals surface area (Å²) in [6.45, 7) is 10.6. The summed E-state index contributed by atoms with van der Waals surface area (Å²) in [5.74, 6) is 0. The van der Waals surface area contributed by atoms with Crippen molar-refractivity contribution in [2.45, 2.75) is 71.7 Å². The van der Waals surface area contributed by atoms with Gasteiger partial charge in [-0.05, 0) is 58.2 Å². The molecule has 0 spiro atoms. The first-order valence-electron chi connectivity index (χ1n) is 8.62. The molecule has 1 amide bonds. The van der Waals surface area contributed by atoms with Crippen LogP contribution in [0.15, 0.2) is 24.3 Å². The molecule has 128 valence electrons. The highest BCUT2D eigenvalue weighted by molar-refractivity contribution is 5.67. The monoisotopic (exact) mass is 318 g/mol. The third kappa shape index (κ3) is 6.22. The molecule has 1 aliphatic rings. The molecule has 1 aliphatic heterocycles. The van der Waals surface area contributed by atoms with Crippen molar-refractivity contribution in [1.29, 1.82) is 0 Å². The number of carbonyl (C=O) groups excluding carboxylic acids is 1. The van der Waals surface area contributed by atoms with Crippen LogP contribution in [-0.2, 0) is 17.8 Å². The lowest BCUT2D eigenvalue weighted by Gasteiger charge is -2.33. The molecule has 0 bridgehead atoms. The van der Waals surface area contributed by atoms with Crippen LogP contribution in [0.3, 0.4) is 0 Å². The predicted molar refractivity (Wildman–Crippen MR) is 93.2 cm³/mol. The van der Waals surface area contributed by atoms with Gasteiger partial charge in [0.15, 0.2) is 0 Å². The van der Waals surface area contributed by atoms with Crippen LogP contribution < -0.4 is 5.32 Å². The maximum Gasteiger partial charge on any atom is 0.407 e. The first-order valence-corrected chi connectivity index (χ1v) is 8.62. The van der Waals surface area contributed by atoms with Crippen LogP contribution in [0.1, 0.15) is 58.1 Å². The Labute approximate surface area is 140 Å². The molecule has 0 unspecified atom stereocenters. The van der Waals surface area contributed by atoms with Gasteiger partial charge >= 0.3 is 6.09 Å². The zero-order chi connectivity index (χ0) is 16.9. The Hall–Kier alpha value is -1.55. The fourth-order valence-electron chi connectivity index (χ4n) is 2.88. The molecule has 0 aromatic heterocycles. The number of benzene rings is 1. The molecule has 2 rings (SSSR count). The van der Waals surface area contributed by atoms with Gasteiger partial charge in [-0.15, -0.1) is 0 Å². The summed E-state index contributed by atoms with van der Waals surface area (Å²) in [6, 6.07) is 9.17. The highest BCUT2D eigenvalue weighted by Gasteiger charge is 2.18. The van der Waals surface area contributed by atoms with Gasteiger partial charge < -0.3 is 10.1 Å². The maximum atomic E-state index is 11.7. The number of rotatable bonds is 4. The number of hydrogen-bond acceptors (Lipinski definition) is 3. The Kier molecular flexibility index (Phi) is 6.05. The number of nitrogens with one attached hydrogen (secondary N) is 1. The molecule has 1 aromatic carbocycles. The van der Waals surface area contributed by atoms with Gasteiger partial charge in [-0.1, -0.05) is 30.7 Å². The van der Waals surface area contributed by atoms with Crippen molar-refractivity contribution in [2.75, 3.05) is 6.54 Å². The fraction of sp³-hybridized carbons (Fsp3) is 0.632. The molecule has 4 heteroatoms. The summed E-state index contributed by atoms with van der Waals surface area (Å²) < 4.78 is 5.24. The van der Waals surface area contributed by atoms with E-state index in [1.54, 1.807) is 0 Å². The molecule has 0 radical (unpaired) electrons. The molecule has 0 saturated carbocycles. The van der Waals surface area contributed by atoms with E-state index in [4.69, 9.17) is 4.74 Å². The van der Waals surface area contributed by atoms with Crippen molar-refractivity contribution >= 4 is 6.09 Å². The lowest BCUT2D eigenvalue weighted by Crippen LogP contribution is -2.36. The van der Waals surface area contributed by atoms with E-state index in [1.165, 1.54) is 31.4 Å². The summed E-state index contributed by atoms with van der Waals surface area (Å²) in [6.07, 6.45) is 3.59. The molecule has 23 heavy (non-hydrogen) atoms. The van der Waals surface area contributed by atoms with Crippen LogP contribution in [0.25, 0.3) is 0 Å². The highest BCUT2D eigenvalue weighted by Crippen LogP contribution is 2.19. The number of hydrogen-bond donors (Lipinski definition) is 1. The Bertz CT molecular complexity index is 505. The van der Waals surface area contributed by atoms with Crippen molar-refractivity contribution in [3.8, 4) is 0 Å². The van der Waals surface area contributed by atoms with E-state index in [9.17, 15) is 4.79 Å². The lowest BCUT2D eigenvalue weighted by molar-refractivity contribution is 0.0523. The van der Waals surface area contributed by atoms with E-state index in [-0.39, 0.29) is 6.09 Å². The zero-order valence-electron chi connectivity index (χ0n) is 14.9. The van der Waals surface area contributed by atoms with Crippen molar-refractivity contribution in [1.82, 2.24) is 10.2 Å².